The van der Waals surface area contributed by atoms with Crippen molar-refractivity contribution in [1.29, 1.82) is 0 Å². The van der Waals surface area contributed by atoms with Crippen LogP contribution in [-0.4, -0.2) is 34.3 Å². The van der Waals surface area contributed by atoms with Crippen LogP contribution in [0.3, 0.4) is 0 Å². The molecule has 4 heterocycles. The first kappa shape index (κ1) is 15.4. The van der Waals surface area contributed by atoms with Crippen molar-refractivity contribution >= 4 is 5.65 Å². The van der Waals surface area contributed by atoms with Crippen LogP contribution in [0.15, 0.2) is 36.8 Å². The molecule has 4 aromatic rings. The van der Waals surface area contributed by atoms with Gasteiger partial charge in [-0.25, -0.2) is 14.5 Å². The van der Waals surface area contributed by atoms with Crippen LogP contribution < -0.4 is 0 Å². The van der Waals surface area contributed by atoms with E-state index in [1.165, 1.54) is 0 Å². The molecule has 4 aromatic heterocycles. The Kier molecular flexibility index (Phi) is 3.76. The van der Waals surface area contributed by atoms with Crippen LogP contribution in [0.2, 0.25) is 0 Å². The fraction of sp³-hybridized carbons (Fsp3) is 0.278. The maximum absolute atomic E-state index is 4.73. The smallest absolute Gasteiger partial charge is 0.154 e. The summed E-state index contributed by atoms with van der Waals surface area (Å²) in [5.41, 5.74) is 5.91. The molecule has 25 heavy (non-hydrogen) atoms. The number of hydrogen-bond donors (Lipinski definition) is 0. The summed E-state index contributed by atoms with van der Waals surface area (Å²) in [6.45, 7) is 4.05. The Hall–Kier alpha value is -3.09. The first-order valence-corrected chi connectivity index (χ1v) is 8.23. The average molecular weight is 333 g/mol. The first-order chi connectivity index (χ1) is 12.1. The highest BCUT2D eigenvalue weighted by atomic mass is 15.3. The Morgan fingerprint density at radius 1 is 1.00 bits per heavy atom. The van der Waals surface area contributed by atoms with Crippen molar-refractivity contribution in [3.05, 3.63) is 59.7 Å². The fourth-order valence-electron chi connectivity index (χ4n) is 2.88. The highest BCUT2D eigenvalue weighted by Gasteiger charge is 2.10. The van der Waals surface area contributed by atoms with E-state index < -0.39 is 0 Å². The summed E-state index contributed by atoms with van der Waals surface area (Å²) in [6, 6.07) is 5.98. The van der Waals surface area contributed by atoms with E-state index in [1.807, 2.05) is 49.8 Å². The molecule has 0 N–H and O–H groups in total. The predicted molar refractivity (Wildman–Crippen MR) is 94.1 cm³/mol. The molecule has 0 aliphatic heterocycles. The van der Waals surface area contributed by atoms with Gasteiger partial charge in [0, 0.05) is 25.2 Å². The summed E-state index contributed by atoms with van der Waals surface area (Å²) < 4.78 is 3.97. The first-order valence-electron chi connectivity index (χ1n) is 8.23. The number of aryl methyl sites for hydroxylation is 5. The van der Waals surface area contributed by atoms with Crippen molar-refractivity contribution in [3.63, 3.8) is 0 Å². The van der Waals surface area contributed by atoms with E-state index >= 15 is 0 Å². The van der Waals surface area contributed by atoms with Gasteiger partial charge in [-0.2, -0.15) is 15.3 Å². The van der Waals surface area contributed by atoms with Gasteiger partial charge in [-0.05, 0) is 38.5 Å². The summed E-state index contributed by atoms with van der Waals surface area (Å²) in [6.07, 6.45) is 7.07. The molecule has 4 rings (SSSR count). The molecule has 0 fully saturated rings. The van der Waals surface area contributed by atoms with E-state index in [0.717, 1.165) is 52.7 Å². The van der Waals surface area contributed by atoms with Crippen LogP contribution in [0.25, 0.3) is 16.9 Å². The van der Waals surface area contributed by atoms with Gasteiger partial charge in [0.2, 0.25) is 0 Å². The summed E-state index contributed by atoms with van der Waals surface area (Å²) in [5, 5.41) is 12.4. The van der Waals surface area contributed by atoms with Gasteiger partial charge in [0.15, 0.2) is 5.65 Å². The lowest BCUT2D eigenvalue weighted by molar-refractivity contribution is 0.741. The Balaban J connectivity index is 1.55. The minimum Gasteiger partial charge on any atom is -0.337 e. The molecule has 0 amide bonds. The van der Waals surface area contributed by atoms with Crippen LogP contribution in [0.5, 0.6) is 0 Å². The lowest BCUT2D eigenvalue weighted by Gasteiger charge is -2.03. The van der Waals surface area contributed by atoms with Gasteiger partial charge in [-0.1, -0.05) is 0 Å². The highest BCUT2D eigenvalue weighted by molar-refractivity contribution is 5.56. The summed E-state index contributed by atoms with van der Waals surface area (Å²) in [4.78, 5) is 9.22. The highest BCUT2D eigenvalue weighted by Crippen LogP contribution is 2.17. The van der Waals surface area contributed by atoms with E-state index in [2.05, 4.69) is 19.7 Å². The van der Waals surface area contributed by atoms with Gasteiger partial charge in [-0.15, -0.1) is 0 Å². The third-order valence-electron chi connectivity index (χ3n) is 4.45. The van der Waals surface area contributed by atoms with E-state index in [1.54, 1.807) is 12.4 Å². The van der Waals surface area contributed by atoms with E-state index in [-0.39, 0.29) is 0 Å². The molecule has 0 radical (unpaired) electrons. The second-order valence-corrected chi connectivity index (χ2v) is 6.16. The second kappa shape index (κ2) is 6.08. The van der Waals surface area contributed by atoms with Gasteiger partial charge in [0.05, 0.1) is 35.2 Å². The normalized spacial score (nSPS) is 11.3. The van der Waals surface area contributed by atoms with E-state index in [9.17, 15) is 0 Å². The average Bonchev–Trinajstić information content (AvgIpc) is 3.14. The SMILES string of the molecule is Cc1nc2ccc(CCc3nc(-c4ccnnc4)cn3C)nn2c1C. The lowest BCUT2D eigenvalue weighted by atomic mass is 10.2. The zero-order valence-corrected chi connectivity index (χ0v) is 14.5. The standard InChI is InChI=1S/C18H19N7/c1-12-13(2)25-18(21-12)7-5-15(23-25)4-6-17-22-16(11-24(17)3)14-8-9-19-20-10-14/h5,7-11H,4,6H2,1-3H3. The van der Waals surface area contributed by atoms with Crippen molar-refractivity contribution in [2.45, 2.75) is 26.7 Å². The Morgan fingerprint density at radius 3 is 2.68 bits per heavy atom. The maximum Gasteiger partial charge on any atom is 0.154 e. The molecular weight excluding hydrogens is 314 g/mol. The molecule has 126 valence electrons. The number of rotatable bonds is 4. The van der Waals surface area contributed by atoms with Crippen LogP contribution in [0, 0.1) is 13.8 Å². The Bertz CT molecular complexity index is 1030. The maximum atomic E-state index is 4.73. The summed E-state index contributed by atoms with van der Waals surface area (Å²) in [5.74, 6) is 1.02. The zero-order valence-electron chi connectivity index (χ0n) is 14.5. The monoisotopic (exact) mass is 333 g/mol. The Morgan fingerprint density at radius 2 is 1.88 bits per heavy atom. The molecule has 0 aliphatic carbocycles. The largest absolute Gasteiger partial charge is 0.337 e. The van der Waals surface area contributed by atoms with E-state index in [0.29, 0.717) is 0 Å². The number of nitrogens with zero attached hydrogens (tertiary/aromatic N) is 7. The second-order valence-electron chi connectivity index (χ2n) is 6.16. The molecule has 0 atom stereocenters. The van der Waals surface area contributed by atoms with Crippen molar-refractivity contribution in [2.24, 2.45) is 7.05 Å². The van der Waals surface area contributed by atoms with Gasteiger partial charge < -0.3 is 4.57 Å². The minimum absolute atomic E-state index is 0.820. The topological polar surface area (TPSA) is 73.8 Å². The summed E-state index contributed by atoms with van der Waals surface area (Å²) >= 11 is 0. The van der Waals surface area contributed by atoms with E-state index in [4.69, 9.17) is 10.1 Å². The van der Waals surface area contributed by atoms with Crippen molar-refractivity contribution in [1.82, 2.24) is 34.3 Å². The number of imidazole rings is 2. The van der Waals surface area contributed by atoms with Crippen LogP contribution in [0.4, 0.5) is 0 Å². The number of aromatic nitrogens is 7. The van der Waals surface area contributed by atoms with Gasteiger partial charge >= 0.3 is 0 Å². The number of hydrogen-bond acceptors (Lipinski definition) is 5. The third kappa shape index (κ3) is 2.88. The molecule has 0 saturated heterocycles. The van der Waals surface area contributed by atoms with Gasteiger partial charge in [0.1, 0.15) is 5.82 Å². The molecule has 7 heteroatoms. The predicted octanol–water partition coefficient (Wildman–Crippen LogP) is 2.32. The molecule has 0 unspecified atom stereocenters. The molecule has 0 bridgehead atoms. The number of fused-ring (bicyclic) bond motifs is 1. The molecule has 7 nitrogen and oxygen atoms in total. The van der Waals surface area contributed by atoms with Crippen molar-refractivity contribution in [2.75, 3.05) is 0 Å². The minimum atomic E-state index is 0.820. The van der Waals surface area contributed by atoms with Crippen LogP contribution in [-0.2, 0) is 19.9 Å². The van der Waals surface area contributed by atoms with Gasteiger partial charge in [-0.3, -0.25) is 0 Å². The van der Waals surface area contributed by atoms with Gasteiger partial charge in [0.25, 0.3) is 0 Å². The Labute approximate surface area is 145 Å². The third-order valence-corrected chi connectivity index (χ3v) is 4.45. The van der Waals surface area contributed by atoms with Crippen molar-refractivity contribution < 1.29 is 0 Å². The molecular formula is C18H19N7. The molecule has 0 spiro atoms. The fourth-order valence-corrected chi connectivity index (χ4v) is 2.88. The molecule has 0 saturated carbocycles. The van der Waals surface area contributed by atoms with Crippen LogP contribution in [0.1, 0.15) is 22.9 Å². The van der Waals surface area contributed by atoms with Crippen molar-refractivity contribution in [3.8, 4) is 11.3 Å². The molecule has 0 aromatic carbocycles. The zero-order chi connectivity index (χ0) is 17.4. The molecule has 0 aliphatic rings. The quantitative estimate of drug-likeness (QED) is 0.573. The van der Waals surface area contributed by atoms with Crippen LogP contribution >= 0.6 is 0 Å². The lowest BCUT2D eigenvalue weighted by Crippen LogP contribution is -2.04. The summed E-state index contributed by atoms with van der Waals surface area (Å²) in [7, 11) is 2.01.